The largest absolute Gasteiger partial charge is 0.494 e. The van der Waals surface area contributed by atoms with Gasteiger partial charge in [-0.15, -0.1) is 10.2 Å². The molecule has 2 atom stereocenters. The van der Waals surface area contributed by atoms with E-state index >= 15 is 0 Å². The van der Waals surface area contributed by atoms with Crippen molar-refractivity contribution < 1.29 is 9.53 Å². The molecule has 0 unspecified atom stereocenters. The fraction of sp³-hybridized carbons (Fsp3) is 0.423. The molecule has 1 aromatic heterocycles. The maximum Gasteiger partial charge on any atom is 0.233 e. The van der Waals surface area contributed by atoms with Crippen molar-refractivity contribution in [3.63, 3.8) is 0 Å². The molecular weight excluding hydrogens is 432 g/mol. The summed E-state index contributed by atoms with van der Waals surface area (Å²) in [6.45, 7) is 6.90. The predicted molar refractivity (Wildman–Crippen MR) is 132 cm³/mol. The van der Waals surface area contributed by atoms with E-state index in [2.05, 4.69) is 45.6 Å². The molecule has 2 heterocycles. The third-order valence-corrected chi connectivity index (χ3v) is 7.03. The number of carbonyl (C=O) groups excluding carboxylic acids is 1. The summed E-state index contributed by atoms with van der Waals surface area (Å²) in [4.78, 5) is 15.1. The van der Waals surface area contributed by atoms with E-state index in [1.165, 1.54) is 23.7 Å². The van der Waals surface area contributed by atoms with E-state index in [0.717, 1.165) is 35.3 Å². The summed E-state index contributed by atoms with van der Waals surface area (Å²) < 4.78 is 7.66. The lowest BCUT2D eigenvalue weighted by molar-refractivity contribution is -0.134. The highest BCUT2D eigenvalue weighted by molar-refractivity contribution is 7.99. The lowest BCUT2D eigenvalue weighted by Gasteiger charge is -2.39. The van der Waals surface area contributed by atoms with Gasteiger partial charge in [-0.3, -0.25) is 9.36 Å². The zero-order valence-corrected chi connectivity index (χ0v) is 20.4. The first-order chi connectivity index (χ1) is 16.1. The minimum atomic E-state index is 0.172. The molecule has 174 valence electrons. The van der Waals surface area contributed by atoms with Gasteiger partial charge in [-0.2, -0.15) is 0 Å². The van der Waals surface area contributed by atoms with E-state index in [1.807, 2.05) is 49.4 Å². The van der Waals surface area contributed by atoms with Crippen molar-refractivity contribution in [2.24, 2.45) is 0 Å². The molecule has 0 spiro atoms. The van der Waals surface area contributed by atoms with Crippen LogP contribution in [0.5, 0.6) is 5.75 Å². The molecule has 4 rings (SSSR count). The monoisotopic (exact) mass is 464 g/mol. The molecule has 1 aliphatic rings. The Kier molecular flexibility index (Phi) is 7.70. The molecule has 7 heteroatoms. The maximum absolute atomic E-state index is 13.1. The first-order valence-corrected chi connectivity index (χ1v) is 12.7. The van der Waals surface area contributed by atoms with Crippen LogP contribution in [0, 0.1) is 0 Å². The van der Waals surface area contributed by atoms with Crippen LogP contribution in [-0.2, 0) is 11.2 Å². The number of aromatic nitrogens is 3. The molecule has 0 N–H and O–H groups in total. The smallest absolute Gasteiger partial charge is 0.233 e. The number of thioether (sulfide) groups is 1. The molecule has 33 heavy (non-hydrogen) atoms. The second-order valence-electron chi connectivity index (χ2n) is 8.54. The molecule has 1 aliphatic heterocycles. The van der Waals surface area contributed by atoms with Crippen molar-refractivity contribution in [3.8, 4) is 11.4 Å². The van der Waals surface area contributed by atoms with Crippen LogP contribution < -0.4 is 4.74 Å². The maximum atomic E-state index is 13.1. The van der Waals surface area contributed by atoms with Gasteiger partial charge in [0.05, 0.1) is 12.4 Å². The van der Waals surface area contributed by atoms with Crippen molar-refractivity contribution in [1.29, 1.82) is 0 Å². The summed E-state index contributed by atoms with van der Waals surface area (Å²) in [5, 5.41) is 9.71. The van der Waals surface area contributed by atoms with Gasteiger partial charge in [0, 0.05) is 24.2 Å². The number of rotatable bonds is 8. The highest BCUT2D eigenvalue weighted by atomic mass is 32.2. The summed E-state index contributed by atoms with van der Waals surface area (Å²) in [7, 11) is 0. The third kappa shape index (κ3) is 5.58. The van der Waals surface area contributed by atoms with E-state index in [4.69, 9.17) is 4.74 Å². The number of piperidine rings is 1. The van der Waals surface area contributed by atoms with Crippen molar-refractivity contribution in [3.05, 3.63) is 66.0 Å². The minimum Gasteiger partial charge on any atom is -0.494 e. The molecule has 1 amide bonds. The fourth-order valence-electron chi connectivity index (χ4n) is 4.52. The zero-order valence-electron chi connectivity index (χ0n) is 19.6. The standard InChI is InChI=1S/C26H32N4O2S/c1-4-32-23-15-13-22(14-16-23)30-24(17-21-11-6-5-7-12-21)27-28-26(30)33-18-25(31)29-19(2)9-8-10-20(29)3/h5-7,11-16,19-20H,4,8-10,17-18H2,1-3H3/t19-,20-/m1/s1. The molecule has 1 saturated heterocycles. The Labute approximate surface area is 200 Å². The first kappa shape index (κ1) is 23.4. The molecule has 0 radical (unpaired) electrons. The second kappa shape index (κ2) is 10.9. The summed E-state index contributed by atoms with van der Waals surface area (Å²) >= 11 is 1.46. The second-order valence-corrected chi connectivity index (χ2v) is 9.48. The van der Waals surface area contributed by atoms with Crippen LogP contribution in [0.15, 0.2) is 59.8 Å². The van der Waals surface area contributed by atoms with Crippen molar-refractivity contribution in [2.45, 2.75) is 63.7 Å². The van der Waals surface area contributed by atoms with Gasteiger partial charge in [0.15, 0.2) is 5.16 Å². The van der Waals surface area contributed by atoms with E-state index in [9.17, 15) is 4.79 Å². The molecule has 2 aromatic carbocycles. The summed E-state index contributed by atoms with van der Waals surface area (Å²) in [6.07, 6.45) is 4.00. The van der Waals surface area contributed by atoms with Crippen LogP contribution in [0.2, 0.25) is 0 Å². The highest BCUT2D eigenvalue weighted by Gasteiger charge is 2.29. The number of likely N-dealkylation sites (tertiary alicyclic amines) is 1. The Morgan fingerprint density at radius 3 is 2.39 bits per heavy atom. The fourth-order valence-corrected chi connectivity index (χ4v) is 5.36. The Bertz CT molecular complexity index is 1040. The normalized spacial score (nSPS) is 18.3. The van der Waals surface area contributed by atoms with Crippen molar-refractivity contribution >= 4 is 17.7 Å². The number of ether oxygens (including phenoxy) is 1. The lowest BCUT2D eigenvalue weighted by atomic mass is 9.98. The first-order valence-electron chi connectivity index (χ1n) is 11.7. The molecule has 3 aromatic rings. The van der Waals surface area contributed by atoms with Crippen molar-refractivity contribution in [1.82, 2.24) is 19.7 Å². The van der Waals surface area contributed by atoms with E-state index in [1.54, 1.807) is 0 Å². The Hall–Kier alpha value is -2.80. The molecule has 0 saturated carbocycles. The average Bonchev–Trinajstić information content (AvgIpc) is 3.21. The topological polar surface area (TPSA) is 60.2 Å². The minimum absolute atomic E-state index is 0.172. The molecule has 0 bridgehead atoms. The number of amides is 1. The highest BCUT2D eigenvalue weighted by Crippen LogP contribution is 2.28. The molecule has 6 nitrogen and oxygen atoms in total. The Balaban J connectivity index is 1.58. The van der Waals surface area contributed by atoms with Crippen LogP contribution in [0.25, 0.3) is 5.69 Å². The van der Waals surface area contributed by atoms with Gasteiger partial charge in [0.2, 0.25) is 5.91 Å². The van der Waals surface area contributed by atoms with Gasteiger partial charge < -0.3 is 9.64 Å². The van der Waals surface area contributed by atoms with Crippen LogP contribution in [-0.4, -0.2) is 50.0 Å². The van der Waals surface area contributed by atoms with Crippen molar-refractivity contribution in [2.75, 3.05) is 12.4 Å². The van der Waals surface area contributed by atoms with Crippen LogP contribution in [0.1, 0.15) is 51.4 Å². The quantitative estimate of drug-likeness (QED) is 0.432. The van der Waals surface area contributed by atoms with Gasteiger partial charge in [-0.1, -0.05) is 42.1 Å². The van der Waals surface area contributed by atoms with E-state index < -0.39 is 0 Å². The number of hydrogen-bond donors (Lipinski definition) is 0. The molecule has 0 aliphatic carbocycles. The Morgan fingerprint density at radius 1 is 1.03 bits per heavy atom. The SMILES string of the molecule is CCOc1ccc(-n2c(Cc3ccccc3)nnc2SCC(=O)N2[C@H](C)CCC[C@H]2C)cc1. The number of carbonyl (C=O) groups is 1. The summed E-state index contributed by atoms with van der Waals surface area (Å²) in [6, 6.07) is 18.8. The van der Waals surface area contributed by atoms with Gasteiger partial charge in [0.25, 0.3) is 0 Å². The summed E-state index contributed by atoms with van der Waals surface area (Å²) in [5.74, 6) is 2.21. The van der Waals surface area contributed by atoms with E-state index in [-0.39, 0.29) is 5.91 Å². The van der Waals surface area contributed by atoms with Crippen LogP contribution in [0.4, 0.5) is 0 Å². The lowest BCUT2D eigenvalue weighted by Crippen LogP contribution is -2.48. The predicted octanol–water partition coefficient (Wildman–Crippen LogP) is 5.14. The van der Waals surface area contributed by atoms with Gasteiger partial charge in [0.1, 0.15) is 11.6 Å². The third-order valence-electron chi connectivity index (χ3n) is 6.12. The average molecular weight is 465 g/mol. The van der Waals surface area contributed by atoms with Gasteiger partial charge in [-0.05, 0) is 69.9 Å². The number of nitrogens with zero attached hydrogens (tertiary/aromatic N) is 4. The van der Waals surface area contributed by atoms with E-state index in [0.29, 0.717) is 30.9 Å². The number of hydrogen-bond acceptors (Lipinski definition) is 5. The van der Waals surface area contributed by atoms with Gasteiger partial charge >= 0.3 is 0 Å². The number of benzene rings is 2. The van der Waals surface area contributed by atoms with Gasteiger partial charge in [-0.25, -0.2) is 0 Å². The summed E-state index contributed by atoms with van der Waals surface area (Å²) in [5.41, 5.74) is 2.13. The molecular formula is C26H32N4O2S. The molecule has 1 fully saturated rings. The van der Waals surface area contributed by atoms with Crippen LogP contribution in [0.3, 0.4) is 0 Å². The van der Waals surface area contributed by atoms with Crippen LogP contribution >= 0.6 is 11.8 Å². The zero-order chi connectivity index (χ0) is 23.2. The Morgan fingerprint density at radius 2 is 1.73 bits per heavy atom.